The lowest BCUT2D eigenvalue weighted by molar-refractivity contribution is -0.312. The minimum atomic E-state index is -4.71. The molecule has 5 heteroatoms. The largest absolute Gasteiger partial charge is 0.810 e. The second-order valence-electron chi connectivity index (χ2n) is 2.97. The zero-order valence-corrected chi connectivity index (χ0v) is 8.28. The van der Waals surface area contributed by atoms with Crippen LogP contribution in [-0.2, 0) is 15.8 Å². The van der Waals surface area contributed by atoms with Crippen molar-refractivity contribution in [3.8, 4) is 0 Å². The van der Waals surface area contributed by atoms with Crippen molar-refractivity contribution in [2.24, 2.45) is 0 Å². The molecule has 0 aromatic heterocycles. The van der Waals surface area contributed by atoms with Crippen LogP contribution in [0.15, 0.2) is 30.3 Å². The highest BCUT2D eigenvalue weighted by Gasteiger charge is 2.04. The van der Waals surface area contributed by atoms with Gasteiger partial charge >= 0.3 is 0 Å². The van der Waals surface area contributed by atoms with Gasteiger partial charge in [0, 0.05) is 12.6 Å². The van der Waals surface area contributed by atoms with E-state index in [-0.39, 0.29) is 6.42 Å². The van der Waals surface area contributed by atoms with E-state index in [1.54, 1.807) is 30.3 Å². The van der Waals surface area contributed by atoms with Crippen LogP contribution in [-0.4, -0.2) is 11.9 Å². The molecule has 0 spiro atoms. The minimum absolute atomic E-state index is 0.00465. The van der Waals surface area contributed by atoms with Gasteiger partial charge in [0.1, 0.15) is 5.78 Å². The molecular formula is C9H9O4P-2. The summed E-state index contributed by atoms with van der Waals surface area (Å²) in [6.07, 6.45) is -0.906. The summed E-state index contributed by atoms with van der Waals surface area (Å²) in [4.78, 5) is 31.6. The summed E-state index contributed by atoms with van der Waals surface area (Å²) in [5.41, 5.74) is 0.714. The molecule has 0 atom stereocenters. The maximum absolute atomic E-state index is 11.1. The molecule has 0 aliphatic carbocycles. The highest BCUT2D eigenvalue weighted by Crippen LogP contribution is 2.22. The van der Waals surface area contributed by atoms with Gasteiger partial charge < -0.3 is 14.4 Å². The summed E-state index contributed by atoms with van der Waals surface area (Å²) in [5.74, 6) is -0.565. The van der Waals surface area contributed by atoms with Gasteiger partial charge in [0.25, 0.3) is 0 Å². The van der Waals surface area contributed by atoms with Gasteiger partial charge in [-0.25, -0.2) is 0 Å². The van der Waals surface area contributed by atoms with E-state index in [1.165, 1.54) is 0 Å². The summed E-state index contributed by atoms with van der Waals surface area (Å²) in [6, 6.07) is 8.70. The van der Waals surface area contributed by atoms with Crippen molar-refractivity contribution in [2.75, 3.05) is 6.16 Å². The van der Waals surface area contributed by atoms with Crippen molar-refractivity contribution >= 4 is 13.4 Å². The molecule has 0 aliphatic heterocycles. The Balaban J connectivity index is 2.55. The SMILES string of the molecule is O=C(Cc1ccccc1)CP(=O)([O-])[O-]. The zero-order chi connectivity index (χ0) is 10.6. The first-order chi connectivity index (χ1) is 6.47. The van der Waals surface area contributed by atoms with Crippen LogP contribution >= 0.6 is 7.60 Å². The Morgan fingerprint density at radius 1 is 1.21 bits per heavy atom. The average Bonchev–Trinajstić information content (AvgIpc) is 2.02. The Labute approximate surface area is 81.7 Å². The second kappa shape index (κ2) is 4.51. The van der Waals surface area contributed by atoms with Crippen LogP contribution in [0, 0.1) is 0 Å². The maximum Gasteiger partial charge on any atom is 0.142 e. The van der Waals surface area contributed by atoms with Crippen molar-refractivity contribution < 1.29 is 19.1 Å². The van der Waals surface area contributed by atoms with Gasteiger partial charge in [-0.2, -0.15) is 0 Å². The number of hydrogen-bond acceptors (Lipinski definition) is 4. The Morgan fingerprint density at radius 2 is 1.79 bits per heavy atom. The Bertz CT molecular complexity index is 354. The van der Waals surface area contributed by atoms with E-state index < -0.39 is 19.5 Å². The molecule has 0 amide bonds. The van der Waals surface area contributed by atoms with Crippen LogP contribution in [0.25, 0.3) is 0 Å². The molecular weight excluding hydrogens is 203 g/mol. The molecule has 0 heterocycles. The van der Waals surface area contributed by atoms with E-state index in [9.17, 15) is 19.1 Å². The number of ketones is 1. The molecule has 0 radical (unpaired) electrons. The van der Waals surface area contributed by atoms with Crippen molar-refractivity contribution in [2.45, 2.75) is 6.42 Å². The summed E-state index contributed by atoms with van der Waals surface area (Å²) in [7, 11) is -4.71. The van der Waals surface area contributed by atoms with Crippen molar-refractivity contribution in [3.63, 3.8) is 0 Å². The van der Waals surface area contributed by atoms with Gasteiger partial charge in [-0.15, -0.1) is 0 Å². The van der Waals surface area contributed by atoms with Crippen molar-refractivity contribution in [1.82, 2.24) is 0 Å². The third kappa shape index (κ3) is 4.33. The predicted molar refractivity (Wildman–Crippen MR) is 47.6 cm³/mol. The lowest BCUT2D eigenvalue weighted by atomic mass is 10.1. The van der Waals surface area contributed by atoms with Crippen LogP contribution in [0.5, 0.6) is 0 Å². The highest BCUT2D eigenvalue weighted by atomic mass is 31.2. The van der Waals surface area contributed by atoms with Crippen molar-refractivity contribution in [1.29, 1.82) is 0 Å². The number of hydrogen-bond donors (Lipinski definition) is 0. The average molecular weight is 212 g/mol. The topological polar surface area (TPSA) is 80.3 Å². The fourth-order valence-electron chi connectivity index (χ4n) is 1.10. The lowest BCUT2D eigenvalue weighted by Crippen LogP contribution is -2.22. The van der Waals surface area contributed by atoms with Gasteiger partial charge in [0.05, 0.1) is 0 Å². The molecule has 0 fully saturated rings. The molecule has 0 unspecified atom stereocenters. The molecule has 1 aromatic rings. The molecule has 0 saturated carbocycles. The maximum atomic E-state index is 11.1. The summed E-state index contributed by atoms with van der Waals surface area (Å²) in [6.45, 7) is 0. The van der Waals surface area contributed by atoms with E-state index in [1.807, 2.05) is 0 Å². The van der Waals surface area contributed by atoms with Crippen LogP contribution < -0.4 is 9.79 Å². The minimum Gasteiger partial charge on any atom is -0.810 e. The van der Waals surface area contributed by atoms with E-state index in [4.69, 9.17) is 0 Å². The lowest BCUT2D eigenvalue weighted by Gasteiger charge is -2.28. The Hall–Kier alpha value is -0.960. The molecule has 0 saturated heterocycles. The van der Waals surface area contributed by atoms with E-state index in [2.05, 4.69) is 0 Å². The summed E-state index contributed by atoms with van der Waals surface area (Å²) in [5, 5.41) is 0. The number of carbonyl (C=O) groups excluding carboxylic acids is 1. The van der Waals surface area contributed by atoms with Crippen LogP contribution in [0.3, 0.4) is 0 Å². The Kier molecular flexibility index (Phi) is 3.58. The zero-order valence-electron chi connectivity index (χ0n) is 7.38. The number of rotatable bonds is 4. The van der Waals surface area contributed by atoms with Gasteiger partial charge in [-0.3, -0.25) is 4.79 Å². The third-order valence-electron chi connectivity index (χ3n) is 1.61. The van der Waals surface area contributed by atoms with Crippen LogP contribution in [0.4, 0.5) is 0 Å². The molecule has 0 bridgehead atoms. The normalized spacial score (nSPS) is 11.3. The highest BCUT2D eigenvalue weighted by molar-refractivity contribution is 7.49. The molecule has 1 rings (SSSR count). The van der Waals surface area contributed by atoms with Crippen molar-refractivity contribution in [3.05, 3.63) is 35.9 Å². The fraction of sp³-hybridized carbons (Fsp3) is 0.222. The summed E-state index contributed by atoms with van der Waals surface area (Å²) < 4.78 is 10.3. The monoisotopic (exact) mass is 212 g/mol. The van der Waals surface area contributed by atoms with Crippen LogP contribution in [0.1, 0.15) is 5.56 Å². The fourth-order valence-corrected chi connectivity index (χ4v) is 1.64. The van der Waals surface area contributed by atoms with Gasteiger partial charge in [0.15, 0.2) is 0 Å². The molecule has 76 valence electrons. The second-order valence-corrected chi connectivity index (χ2v) is 4.51. The molecule has 0 aliphatic rings. The predicted octanol–water partition coefficient (Wildman–Crippen LogP) is -0.288. The van der Waals surface area contributed by atoms with E-state index in [0.29, 0.717) is 5.56 Å². The molecule has 4 nitrogen and oxygen atoms in total. The standard InChI is InChI=1S/C9H11O4P/c10-9(7-14(11,12)13)6-8-4-2-1-3-5-8/h1-5H,6-7H2,(H2,11,12,13)/p-2. The van der Waals surface area contributed by atoms with Crippen LogP contribution in [0.2, 0.25) is 0 Å². The first-order valence-corrected chi connectivity index (χ1v) is 5.77. The van der Waals surface area contributed by atoms with Gasteiger partial charge in [-0.1, -0.05) is 37.9 Å². The van der Waals surface area contributed by atoms with Gasteiger partial charge in [-0.05, 0) is 5.56 Å². The number of carbonyl (C=O) groups is 1. The number of benzene rings is 1. The molecule has 1 aromatic carbocycles. The smallest absolute Gasteiger partial charge is 0.142 e. The third-order valence-corrected chi connectivity index (χ3v) is 2.35. The quantitative estimate of drug-likeness (QED) is 0.642. The first kappa shape index (κ1) is 11.1. The summed E-state index contributed by atoms with van der Waals surface area (Å²) >= 11 is 0. The number of Topliss-reactive ketones (excluding diaryl/α,β-unsaturated/α-hetero) is 1. The van der Waals surface area contributed by atoms with E-state index >= 15 is 0 Å². The Morgan fingerprint density at radius 3 is 2.29 bits per heavy atom. The molecule has 14 heavy (non-hydrogen) atoms. The van der Waals surface area contributed by atoms with Gasteiger partial charge in [0.2, 0.25) is 0 Å². The first-order valence-electron chi connectivity index (χ1n) is 4.04. The van der Waals surface area contributed by atoms with E-state index in [0.717, 1.165) is 0 Å². The molecule has 0 N–H and O–H groups in total.